The van der Waals surface area contributed by atoms with Gasteiger partial charge in [-0.05, 0) is 24.3 Å². The van der Waals surface area contributed by atoms with Gasteiger partial charge in [-0.2, -0.15) is 0 Å². The number of hydrogen-bond acceptors (Lipinski definition) is 5. The number of esters is 1. The van der Waals surface area contributed by atoms with Crippen LogP contribution in [0.2, 0.25) is 5.02 Å². The van der Waals surface area contributed by atoms with Crippen molar-refractivity contribution in [2.75, 3.05) is 7.11 Å². The number of methoxy groups -OCH3 is 1. The largest absolute Gasteiger partial charge is 0.465 e. The van der Waals surface area contributed by atoms with E-state index in [1.807, 2.05) is 0 Å². The zero-order valence-electron chi connectivity index (χ0n) is 10.4. The van der Waals surface area contributed by atoms with Gasteiger partial charge in [0.1, 0.15) is 17.4 Å². The highest BCUT2D eigenvalue weighted by Crippen LogP contribution is 2.17. The van der Waals surface area contributed by atoms with Crippen molar-refractivity contribution in [1.82, 2.24) is 0 Å². The van der Waals surface area contributed by atoms with E-state index in [1.165, 1.54) is 12.3 Å². The minimum atomic E-state index is -0.828. The fraction of sp³-hybridized carbons (Fsp3) is 0.0714. The lowest BCUT2D eigenvalue weighted by Gasteiger charge is -2.00. The van der Waals surface area contributed by atoms with Gasteiger partial charge in [0.25, 0.3) is 0 Å². The molecule has 2 rings (SSSR count). The standard InChI is InChI=1S/C14H9ClO5/c1-19-14(18)8(6-16)4-9-7-20-12-3-2-10(15)5-11(12)13(9)17/h2-7H,1H3/b8-4-. The molecule has 1 aromatic heterocycles. The van der Waals surface area contributed by atoms with Gasteiger partial charge in [0, 0.05) is 5.02 Å². The van der Waals surface area contributed by atoms with Gasteiger partial charge in [-0.15, -0.1) is 0 Å². The third-order valence-corrected chi connectivity index (χ3v) is 2.86. The molecule has 0 aliphatic carbocycles. The Morgan fingerprint density at radius 1 is 1.40 bits per heavy atom. The highest BCUT2D eigenvalue weighted by molar-refractivity contribution is 6.31. The van der Waals surface area contributed by atoms with Gasteiger partial charge >= 0.3 is 5.97 Å². The average Bonchev–Trinajstić information content (AvgIpc) is 2.46. The van der Waals surface area contributed by atoms with Crippen LogP contribution in [0.5, 0.6) is 0 Å². The van der Waals surface area contributed by atoms with E-state index in [9.17, 15) is 14.4 Å². The number of hydrogen-bond donors (Lipinski definition) is 0. The number of halogens is 1. The van der Waals surface area contributed by atoms with E-state index in [1.54, 1.807) is 12.1 Å². The molecule has 0 spiro atoms. The monoisotopic (exact) mass is 292 g/mol. The van der Waals surface area contributed by atoms with E-state index in [0.29, 0.717) is 16.9 Å². The van der Waals surface area contributed by atoms with Crippen LogP contribution in [0.4, 0.5) is 0 Å². The van der Waals surface area contributed by atoms with Gasteiger partial charge in [-0.25, -0.2) is 4.79 Å². The molecule has 2 aromatic rings. The van der Waals surface area contributed by atoms with Gasteiger partial charge < -0.3 is 9.15 Å². The number of fused-ring (bicyclic) bond motifs is 1. The number of ether oxygens (including phenoxy) is 1. The van der Waals surface area contributed by atoms with Gasteiger partial charge in [-0.1, -0.05) is 11.6 Å². The molecular formula is C14H9ClO5. The fourth-order valence-corrected chi connectivity index (χ4v) is 1.82. The Bertz CT molecular complexity index is 773. The lowest BCUT2D eigenvalue weighted by Crippen LogP contribution is -2.09. The lowest BCUT2D eigenvalue weighted by molar-refractivity contribution is -0.136. The molecule has 0 amide bonds. The summed E-state index contributed by atoms with van der Waals surface area (Å²) in [7, 11) is 1.14. The SMILES string of the molecule is COC(=O)/C(C=O)=C\c1coc2ccc(Cl)cc2c1=O. The Kier molecular flexibility index (Phi) is 4.00. The Morgan fingerprint density at radius 2 is 2.15 bits per heavy atom. The van der Waals surface area contributed by atoms with Crippen molar-refractivity contribution < 1.29 is 18.7 Å². The van der Waals surface area contributed by atoms with Gasteiger partial charge in [0.2, 0.25) is 0 Å². The second kappa shape index (κ2) is 5.71. The molecule has 0 fully saturated rings. The summed E-state index contributed by atoms with van der Waals surface area (Å²) in [5.41, 5.74) is -0.243. The molecule has 6 heteroatoms. The van der Waals surface area contributed by atoms with Crippen LogP contribution in [-0.4, -0.2) is 19.4 Å². The quantitative estimate of drug-likeness (QED) is 0.285. The molecule has 5 nitrogen and oxygen atoms in total. The zero-order valence-corrected chi connectivity index (χ0v) is 11.1. The highest BCUT2D eigenvalue weighted by atomic mass is 35.5. The van der Waals surface area contributed by atoms with Crippen molar-refractivity contribution in [3.63, 3.8) is 0 Å². The highest BCUT2D eigenvalue weighted by Gasteiger charge is 2.11. The van der Waals surface area contributed by atoms with E-state index >= 15 is 0 Å². The fourth-order valence-electron chi connectivity index (χ4n) is 1.64. The zero-order chi connectivity index (χ0) is 14.7. The maximum atomic E-state index is 12.2. The van der Waals surface area contributed by atoms with Crippen LogP contribution in [0.15, 0.2) is 39.2 Å². The number of carbonyl (C=O) groups is 2. The molecule has 0 bridgehead atoms. The summed E-state index contributed by atoms with van der Waals surface area (Å²) in [5, 5.41) is 0.649. The lowest BCUT2D eigenvalue weighted by atomic mass is 10.1. The summed E-state index contributed by atoms with van der Waals surface area (Å²) in [6.45, 7) is 0. The van der Waals surface area contributed by atoms with Crippen molar-refractivity contribution in [2.24, 2.45) is 0 Å². The van der Waals surface area contributed by atoms with Crippen molar-refractivity contribution >= 4 is 40.9 Å². The molecule has 1 heterocycles. The summed E-state index contributed by atoms with van der Waals surface area (Å²) in [4.78, 5) is 34.3. The third-order valence-electron chi connectivity index (χ3n) is 2.62. The molecule has 0 N–H and O–H groups in total. The van der Waals surface area contributed by atoms with Gasteiger partial charge in [0.15, 0.2) is 11.7 Å². The van der Waals surface area contributed by atoms with E-state index in [2.05, 4.69) is 4.74 Å². The summed E-state index contributed by atoms with van der Waals surface area (Å²) >= 11 is 5.82. The molecule has 20 heavy (non-hydrogen) atoms. The first kappa shape index (κ1) is 14.0. The molecule has 0 unspecified atom stereocenters. The molecule has 0 saturated carbocycles. The van der Waals surface area contributed by atoms with Crippen molar-refractivity contribution in [1.29, 1.82) is 0 Å². The predicted molar refractivity (Wildman–Crippen MR) is 73.6 cm³/mol. The van der Waals surface area contributed by atoms with Crippen LogP contribution in [-0.2, 0) is 14.3 Å². The second-order valence-corrected chi connectivity index (χ2v) is 4.31. The molecule has 0 radical (unpaired) electrons. The van der Waals surface area contributed by atoms with Crippen LogP contribution in [0.25, 0.3) is 17.0 Å². The Morgan fingerprint density at radius 3 is 2.80 bits per heavy atom. The van der Waals surface area contributed by atoms with Crippen LogP contribution in [0.1, 0.15) is 5.56 Å². The Labute approximate surface area is 118 Å². The summed E-state index contributed by atoms with van der Waals surface area (Å²) in [5.74, 6) is -0.828. The minimum Gasteiger partial charge on any atom is -0.465 e. The molecule has 0 aliphatic heterocycles. The molecule has 0 aliphatic rings. The van der Waals surface area contributed by atoms with Gasteiger partial charge in [0.05, 0.1) is 18.1 Å². The molecular weight excluding hydrogens is 284 g/mol. The maximum absolute atomic E-state index is 12.2. The first-order valence-electron chi connectivity index (χ1n) is 5.53. The second-order valence-electron chi connectivity index (χ2n) is 3.87. The van der Waals surface area contributed by atoms with E-state index < -0.39 is 11.4 Å². The maximum Gasteiger partial charge on any atom is 0.341 e. The van der Waals surface area contributed by atoms with E-state index in [0.717, 1.165) is 13.2 Å². The van der Waals surface area contributed by atoms with Crippen LogP contribution >= 0.6 is 11.6 Å². The summed E-state index contributed by atoms with van der Waals surface area (Å²) < 4.78 is 9.70. The molecule has 0 saturated heterocycles. The first-order chi connectivity index (χ1) is 9.56. The Balaban J connectivity index is 2.64. The van der Waals surface area contributed by atoms with Crippen LogP contribution in [0, 0.1) is 0 Å². The third kappa shape index (κ3) is 2.62. The van der Waals surface area contributed by atoms with Crippen molar-refractivity contribution in [2.45, 2.75) is 0 Å². The van der Waals surface area contributed by atoms with Crippen LogP contribution in [0.3, 0.4) is 0 Å². The van der Waals surface area contributed by atoms with Gasteiger partial charge in [-0.3, -0.25) is 9.59 Å². The topological polar surface area (TPSA) is 73.6 Å². The Hall–Kier alpha value is -2.40. The smallest absolute Gasteiger partial charge is 0.341 e. The molecule has 0 atom stereocenters. The number of aldehydes is 1. The molecule has 102 valence electrons. The van der Waals surface area contributed by atoms with Crippen molar-refractivity contribution in [3.05, 3.63) is 50.8 Å². The first-order valence-corrected chi connectivity index (χ1v) is 5.91. The number of rotatable bonds is 3. The van der Waals surface area contributed by atoms with Crippen LogP contribution < -0.4 is 5.43 Å². The average molecular weight is 293 g/mol. The van der Waals surface area contributed by atoms with E-state index in [-0.39, 0.29) is 16.5 Å². The number of carbonyl (C=O) groups excluding carboxylic acids is 2. The number of benzene rings is 1. The van der Waals surface area contributed by atoms with E-state index in [4.69, 9.17) is 16.0 Å². The normalized spacial score (nSPS) is 11.4. The summed E-state index contributed by atoms with van der Waals surface area (Å²) in [6.07, 6.45) is 2.60. The van der Waals surface area contributed by atoms with Crippen molar-refractivity contribution in [3.8, 4) is 0 Å². The molecule has 1 aromatic carbocycles. The minimum absolute atomic E-state index is 0.0623. The predicted octanol–water partition coefficient (Wildman–Crippen LogP) is 2.20. The summed E-state index contributed by atoms with van der Waals surface area (Å²) in [6, 6.07) is 4.61.